The summed E-state index contributed by atoms with van der Waals surface area (Å²) in [7, 11) is 0. The monoisotopic (exact) mass is 1130 g/mol. The van der Waals surface area contributed by atoms with Gasteiger partial charge in [-0.2, -0.15) is 42.1 Å². The molecule has 89 heavy (non-hydrogen) atoms. The molecule has 15 nitrogen and oxygen atoms in total. The lowest BCUT2D eigenvalue weighted by Crippen LogP contribution is -2.16. The van der Waals surface area contributed by atoms with Crippen molar-refractivity contribution >= 4 is 98.3 Å². The van der Waals surface area contributed by atoms with Crippen LogP contribution in [0.25, 0.3) is 144 Å². The minimum absolute atomic E-state index is 0.146. The zero-order valence-electron chi connectivity index (χ0n) is 46.1. The van der Waals surface area contributed by atoms with E-state index in [1.165, 1.54) is 0 Å². The molecule has 16 rings (SSSR count). The van der Waals surface area contributed by atoms with Crippen LogP contribution in [0.2, 0.25) is 0 Å². The zero-order valence-corrected chi connectivity index (χ0v) is 46.1. The number of nitriles is 8. The Morgan fingerprint density at radius 3 is 0.809 bits per heavy atom. The maximum Gasteiger partial charge on any atom is 0.231 e. The predicted octanol–water partition coefficient (Wildman–Crippen LogP) is 15.9. The first kappa shape index (κ1) is 50.6. The van der Waals surface area contributed by atoms with Gasteiger partial charge in [0.15, 0.2) is 5.58 Å². The van der Waals surface area contributed by atoms with E-state index in [-0.39, 0.29) is 5.89 Å². The molecule has 16 aromatic rings. The highest BCUT2D eigenvalue weighted by Crippen LogP contribution is 2.55. The molecule has 0 spiro atoms. The van der Waals surface area contributed by atoms with E-state index in [0.29, 0.717) is 182 Å². The number of hydrogen-bond acceptors (Lipinski definition) is 11. The Balaban J connectivity index is 1.31. The van der Waals surface area contributed by atoms with Gasteiger partial charge in [0.2, 0.25) is 5.89 Å². The number of para-hydroxylation sites is 2. The highest BCUT2D eigenvalue weighted by molar-refractivity contribution is 6.19. The van der Waals surface area contributed by atoms with Gasteiger partial charge in [-0.3, -0.25) is 4.98 Å². The lowest BCUT2D eigenvalue weighted by Gasteiger charge is -2.30. The summed E-state index contributed by atoms with van der Waals surface area (Å²) in [5.74, 6) is 0.146. The van der Waals surface area contributed by atoms with Gasteiger partial charge in [0.05, 0.1) is 166 Å². The second kappa shape index (κ2) is 19.3. The van der Waals surface area contributed by atoms with Gasteiger partial charge in [0, 0.05) is 61.0 Å². The Labute approximate surface area is 503 Å². The van der Waals surface area contributed by atoms with Gasteiger partial charge in [0.1, 0.15) is 5.52 Å². The van der Waals surface area contributed by atoms with Crippen LogP contribution < -0.4 is 0 Å². The highest BCUT2D eigenvalue weighted by Gasteiger charge is 2.37. The van der Waals surface area contributed by atoms with Crippen LogP contribution in [-0.4, -0.2) is 28.2 Å². The van der Waals surface area contributed by atoms with Crippen LogP contribution >= 0.6 is 0 Å². The van der Waals surface area contributed by atoms with Gasteiger partial charge in [-0.15, -0.1) is 0 Å². The number of oxazole rings is 1. The third-order valence-electron chi connectivity index (χ3n) is 16.9. The fourth-order valence-electron chi connectivity index (χ4n) is 13.2. The topological polar surface area (TPSA) is 249 Å². The van der Waals surface area contributed by atoms with Crippen LogP contribution in [0.3, 0.4) is 0 Å². The maximum absolute atomic E-state index is 10.6. The van der Waals surface area contributed by atoms with Gasteiger partial charge in [-0.05, 0) is 175 Å². The third kappa shape index (κ3) is 7.30. The van der Waals surface area contributed by atoms with E-state index in [2.05, 4.69) is 71.8 Å². The second-order valence-corrected chi connectivity index (χ2v) is 21.5. The average molecular weight is 1130 g/mol. The van der Waals surface area contributed by atoms with Crippen LogP contribution in [0.4, 0.5) is 0 Å². The van der Waals surface area contributed by atoms with Crippen molar-refractivity contribution in [3.8, 4) is 93.9 Å². The average Bonchev–Trinajstić information content (AvgIpc) is 1.60. The van der Waals surface area contributed by atoms with Crippen LogP contribution in [0, 0.1) is 90.6 Å². The molecule has 0 aliphatic rings. The van der Waals surface area contributed by atoms with Crippen LogP contribution in [0.15, 0.2) is 199 Å². The van der Waals surface area contributed by atoms with Crippen molar-refractivity contribution in [3.05, 3.63) is 239 Å². The van der Waals surface area contributed by atoms with Gasteiger partial charge < -0.3 is 22.7 Å². The number of fused-ring (bicyclic) bond motifs is 13. The molecule has 404 valence electrons. The zero-order chi connectivity index (χ0) is 60.3. The smallest absolute Gasteiger partial charge is 0.231 e. The summed E-state index contributed by atoms with van der Waals surface area (Å²) in [6.45, 7) is 0. The summed E-state index contributed by atoms with van der Waals surface area (Å²) in [5, 5.41) is 90.2. The summed E-state index contributed by atoms with van der Waals surface area (Å²) in [4.78, 5) is 10.1. The van der Waals surface area contributed by atoms with E-state index in [4.69, 9.17) is 9.40 Å². The first-order valence-electron chi connectivity index (χ1n) is 27.8. The van der Waals surface area contributed by atoms with Gasteiger partial charge >= 0.3 is 0 Å². The Bertz CT molecular complexity index is 5650. The molecule has 0 unspecified atom stereocenters. The van der Waals surface area contributed by atoms with Crippen molar-refractivity contribution in [3.63, 3.8) is 0 Å². The van der Waals surface area contributed by atoms with Crippen molar-refractivity contribution in [2.75, 3.05) is 0 Å². The van der Waals surface area contributed by atoms with Crippen LogP contribution in [0.5, 0.6) is 0 Å². The summed E-state index contributed by atoms with van der Waals surface area (Å²) in [6.07, 6.45) is 3.43. The van der Waals surface area contributed by atoms with Crippen molar-refractivity contribution < 1.29 is 4.42 Å². The molecule has 0 N–H and O–H groups in total. The molecule has 6 heterocycles. The molecular weight excluding hydrogens is 1100 g/mol. The molecule has 0 aliphatic carbocycles. The first-order valence-corrected chi connectivity index (χ1v) is 27.8. The lowest BCUT2D eigenvalue weighted by atomic mass is 9.93. The second-order valence-electron chi connectivity index (χ2n) is 21.5. The van der Waals surface area contributed by atoms with E-state index < -0.39 is 0 Å². The van der Waals surface area contributed by atoms with Gasteiger partial charge in [0.25, 0.3) is 0 Å². The number of rotatable bonds is 6. The third-order valence-corrected chi connectivity index (χ3v) is 16.9. The van der Waals surface area contributed by atoms with Crippen LogP contribution in [0.1, 0.15) is 44.5 Å². The quantitative estimate of drug-likeness (QED) is 0.151. The molecule has 6 aromatic heterocycles. The summed E-state index contributed by atoms with van der Waals surface area (Å²) in [6, 6.07) is 73.8. The van der Waals surface area contributed by atoms with E-state index in [1.54, 1.807) is 60.9 Å². The highest BCUT2D eigenvalue weighted by atomic mass is 16.3. The molecule has 0 amide bonds. The number of nitrogens with zero attached hydrogens (tertiary/aromatic N) is 14. The van der Waals surface area contributed by atoms with Crippen LogP contribution in [-0.2, 0) is 0 Å². The fraction of sp³-hybridized carbons (Fsp3) is 0. The Kier molecular flexibility index (Phi) is 11.0. The van der Waals surface area contributed by atoms with Gasteiger partial charge in [-0.25, -0.2) is 4.98 Å². The van der Waals surface area contributed by atoms with E-state index in [1.807, 2.05) is 133 Å². The van der Waals surface area contributed by atoms with Crippen molar-refractivity contribution in [1.82, 2.24) is 28.2 Å². The Morgan fingerprint density at radius 2 is 0.551 bits per heavy atom. The molecular formula is C74H32N14O. The first-order chi connectivity index (χ1) is 43.8. The van der Waals surface area contributed by atoms with Gasteiger partial charge in [-0.1, -0.05) is 12.1 Å². The predicted molar refractivity (Wildman–Crippen MR) is 338 cm³/mol. The Hall–Kier alpha value is -14.1. The summed E-state index contributed by atoms with van der Waals surface area (Å²) < 4.78 is 15.8. The minimum atomic E-state index is 0.146. The van der Waals surface area contributed by atoms with Crippen molar-refractivity contribution in [2.24, 2.45) is 0 Å². The standard InChI is InChI=1S/C74H32N14O/c75-33-41-5-13-59-50(25-41)51-26-42(34-76)6-14-60(51)85(59)70-68(49-21-23-83-24-22-49)71(86-61-15-7-43(35-77)27-52(61)53-28-44(36-78)8-16-62(53)86)73(88-65-19-11-47(39-81)31-56(65)57-32-48(40-82)12-20-66(57)88)69(74-84-58-3-1-2-4-67(58)89-74)72(70)87-63-17-9-45(37-79)29-54(63)55-30-46(38-80)10-18-64(55)87/h1-32H. The summed E-state index contributed by atoms with van der Waals surface area (Å²) in [5.41, 5.74) is 12.6. The summed E-state index contributed by atoms with van der Waals surface area (Å²) >= 11 is 0. The SMILES string of the molecule is N#Cc1ccc2c(c1)c1cc(C#N)ccc1n2-c1c(-c2ccncc2)c(-n2c3ccc(C#N)cc3c3cc(C#N)ccc32)c(-n2c3ccc(C#N)cc3c3cc(C#N)ccc32)c(-c2nc3ccccc3o2)c1-n1c2ccc(C#N)cc2c2cc(C#N)ccc21. The number of aromatic nitrogens is 6. The van der Waals surface area contributed by atoms with Crippen molar-refractivity contribution in [2.45, 2.75) is 0 Å². The number of benzene rings is 10. The van der Waals surface area contributed by atoms with E-state index in [0.717, 1.165) is 0 Å². The number of hydrogen-bond donors (Lipinski definition) is 0. The molecule has 10 aromatic carbocycles. The Morgan fingerprint density at radius 1 is 0.292 bits per heavy atom. The van der Waals surface area contributed by atoms with E-state index >= 15 is 0 Å². The maximum atomic E-state index is 10.6. The molecule has 0 saturated carbocycles. The fourth-order valence-corrected chi connectivity index (χ4v) is 13.2. The minimum Gasteiger partial charge on any atom is -0.436 e. The normalized spacial score (nSPS) is 11.3. The molecule has 0 bridgehead atoms. The molecule has 0 atom stereocenters. The molecule has 0 fully saturated rings. The molecule has 0 radical (unpaired) electrons. The number of pyridine rings is 1. The largest absolute Gasteiger partial charge is 0.436 e. The molecule has 0 saturated heterocycles. The lowest BCUT2D eigenvalue weighted by molar-refractivity contribution is 0.619. The molecule has 0 aliphatic heterocycles. The van der Waals surface area contributed by atoms with E-state index in [9.17, 15) is 42.1 Å². The van der Waals surface area contributed by atoms with Crippen molar-refractivity contribution in [1.29, 1.82) is 42.1 Å². The molecule has 15 heteroatoms.